The van der Waals surface area contributed by atoms with E-state index in [0.717, 1.165) is 12.3 Å². The van der Waals surface area contributed by atoms with Gasteiger partial charge in [0.15, 0.2) is 0 Å². The molecule has 0 radical (unpaired) electrons. The van der Waals surface area contributed by atoms with Crippen LogP contribution in [0.4, 0.5) is 5.69 Å². The minimum Gasteiger partial charge on any atom is -0.491 e. The van der Waals surface area contributed by atoms with E-state index >= 15 is 0 Å². The lowest BCUT2D eigenvalue weighted by Crippen LogP contribution is -2.17. The van der Waals surface area contributed by atoms with Crippen LogP contribution >= 0.6 is 0 Å². The zero-order valence-corrected chi connectivity index (χ0v) is 6.65. The van der Waals surface area contributed by atoms with Crippen molar-refractivity contribution in [2.45, 2.75) is 6.92 Å². The molecule has 0 aromatic carbocycles. The maximum absolute atomic E-state index is 10.8. The second-order valence-electron chi connectivity index (χ2n) is 2.21. The van der Waals surface area contributed by atoms with Crippen LogP contribution in [-0.2, 0) is 0 Å². The summed E-state index contributed by atoms with van der Waals surface area (Å²) in [4.78, 5) is 10.8. The standard InChI is InChI=1S/C7H10N2O3/c1-2-12-6-3-7(10)9(11)4-5(6)8/h3-4,11H,2,8H2,1H3. The van der Waals surface area contributed by atoms with Crippen molar-refractivity contribution in [3.63, 3.8) is 0 Å². The van der Waals surface area contributed by atoms with E-state index in [-0.39, 0.29) is 5.69 Å². The Morgan fingerprint density at radius 2 is 2.42 bits per heavy atom. The van der Waals surface area contributed by atoms with E-state index in [1.807, 2.05) is 0 Å². The number of anilines is 1. The fourth-order valence-corrected chi connectivity index (χ4v) is 0.801. The highest BCUT2D eigenvalue weighted by atomic mass is 16.5. The molecule has 0 spiro atoms. The van der Waals surface area contributed by atoms with Gasteiger partial charge < -0.3 is 15.7 Å². The number of rotatable bonds is 2. The summed E-state index contributed by atoms with van der Waals surface area (Å²) in [6.45, 7) is 2.21. The van der Waals surface area contributed by atoms with Crippen LogP contribution in [-0.4, -0.2) is 16.5 Å². The van der Waals surface area contributed by atoms with Gasteiger partial charge in [0.25, 0.3) is 5.56 Å². The largest absolute Gasteiger partial charge is 0.491 e. The summed E-state index contributed by atoms with van der Waals surface area (Å²) in [5.74, 6) is 0.299. The van der Waals surface area contributed by atoms with Crippen molar-refractivity contribution in [2.75, 3.05) is 12.3 Å². The normalized spacial score (nSPS) is 9.75. The Balaban J connectivity index is 3.14. The van der Waals surface area contributed by atoms with Crippen molar-refractivity contribution in [3.05, 3.63) is 22.6 Å². The summed E-state index contributed by atoms with van der Waals surface area (Å²) in [6, 6.07) is 1.14. The molecule has 5 heteroatoms. The van der Waals surface area contributed by atoms with Gasteiger partial charge in [-0.1, -0.05) is 0 Å². The Morgan fingerprint density at radius 3 is 3.00 bits per heavy atom. The maximum atomic E-state index is 10.8. The second-order valence-corrected chi connectivity index (χ2v) is 2.21. The monoisotopic (exact) mass is 170 g/mol. The van der Waals surface area contributed by atoms with E-state index in [0.29, 0.717) is 17.1 Å². The molecule has 1 aromatic heterocycles. The van der Waals surface area contributed by atoms with Crippen LogP contribution in [0.25, 0.3) is 0 Å². The molecule has 0 aliphatic rings. The number of nitrogens with zero attached hydrogens (tertiary/aromatic N) is 1. The number of aromatic nitrogens is 1. The lowest BCUT2D eigenvalue weighted by molar-refractivity contribution is 0.174. The van der Waals surface area contributed by atoms with E-state index in [9.17, 15) is 4.79 Å². The van der Waals surface area contributed by atoms with Gasteiger partial charge in [-0.15, -0.1) is 0 Å². The number of nitrogen functional groups attached to an aromatic ring is 1. The molecule has 1 heterocycles. The lowest BCUT2D eigenvalue weighted by Gasteiger charge is -2.05. The van der Waals surface area contributed by atoms with Crippen LogP contribution in [0.3, 0.4) is 0 Å². The molecule has 0 bridgehead atoms. The Bertz CT molecular complexity index is 332. The Morgan fingerprint density at radius 1 is 1.75 bits per heavy atom. The maximum Gasteiger partial charge on any atom is 0.286 e. The first kappa shape index (κ1) is 8.45. The van der Waals surface area contributed by atoms with Gasteiger partial charge in [0.2, 0.25) is 0 Å². The van der Waals surface area contributed by atoms with Crippen molar-refractivity contribution in [3.8, 4) is 5.75 Å². The third-order valence-electron chi connectivity index (χ3n) is 1.33. The fraction of sp³-hybridized carbons (Fsp3) is 0.286. The van der Waals surface area contributed by atoms with Crippen LogP contribution in [0.15, 0.2) is 17.1 Å². The Hall–Kier alpha value is -1.65. The van der Waals surface area contributed by atoms with Crippen LogP contribution in [0.1, 0.15) is 6.92 Å². The quantitative estimate of drug-likeness (QED) is 0.615. The minimum absolute atomic E-state index is 0.235. The predicted molar refractivity (Wildman–Crippen MR) is 43.5 cm³/mol. The lowest BCUT2D eigenvalue weighted by atomic mass is 10.4. The van der Waals surface area contributed by atoms with Gasteiger partial charge in [-0.05, 0) is 6.92 Å². The SMILES string of the molecule is CCOc1cc(=O)n(O)cc1N. The molecule has 66 valence electrons. The summed E-state index contributed by atoms with van der Waals surface area (Å²) in [5.41, 5.74) is 5.10. The first-order valence-electron chi connectivity index (χ1n) is 3.49. The first-order chi connectivity index (χ1) is 5.65. The molecule has 12 heavy (non-hydrogen) atoms. The molecule has 0 fully saturated rings. The van der Waals surface area contributed by atoms with Gasteiger partial charge in [-0.25, -0.2) is 0 Å². The van der Waals surface area contributed by atoms with E-state index in [1.54, 1.807) is 6.92 Å². The molecule has 0 unspecified atom stereocenters. The van der Waals surface area contributed by atoms with Crippen LogP contribution in [0.2, 0.25) is 0 Å². The number of hydrogen-bond donors (Lipinski definition) is 2. The highest BCUT2D eigenvalue weighted by molar-refractivity contribution is 5.49. The molecule has 0 aliphatic heterocycles. The van der Waals surface area contributed by atoms with Crippen molar-refractivity contribution in [2.24, 2.45) is 0 Å². The smallest absolute Gasteiger partial charge is 0.286 e. The third kappa shape index (κ3) is 1.50. The summed E-state index contributed by atoms with van der Waals surface area (Å²) in [5, 5.41) is 8.86. The zero-order valence-electron chi connectivity index (χ0n) is 6.65. The number of pyridine rings is 1. The van der Waals surface area contributed by atoms with E-state index in [1.165, 1.54) is 0 Å². The predicted octanol–water partition coefficient (Wildman–Crippen LogP) is 0.0665. The fourth-order valence-electron chi connectivity index (χ4n) is 0.801. The molecule has 0 aliphatic carbocycles. The van der Waals surface area contributed by atoms with Gasteiger partial charge in [0, 0.05) is 0 Å². The number of nitrogens with two attached hydrogens (primary N) is 1. The third-order valence-corrected chi connectivity index (χ3v) is 1.33. The molecule has 0 amide bonds. The van der Waals surface area contributed by atoms with Crippen LogP contribution in [0.5, 0.6) is 5.75 Å². The molecule has 1 rings (SSSR count). The van der Waals surface area contributed by atoms with Gasteiger partial charge in [0.1, 0.15) is 5.75 Å². The van der Waals surface area contributed by atoms with Gasteiger partial charge in [0.05, 0.1) is 24.6 Å². The molecular weight excluding hydrogens is 160 g/mol. The summed E-state index contributed by atoms with van der Waals surface area (Å²) >= 11 is 0. The van der Waals surface area contributed by atoms with Gasteiger partial charge in [-0.3, -0.25) is 4.79 Å². The Kier molecular flexibility index (Phi) is 2.23. The van der Waals surface area contributed by atoms with E-state index in [4.69, 9.17) is 15.7 Å². The first-order valence-corrected chi connectivity index (χ1v) is 3.49. The average molecular weight is 170 g/mol. The summed E-state index contributed by atoms with van der Waals surface area (Å²) in [6.07, 6.45) is 1.10. The number of ether oxygens (including phenoxy) is 1. The Labute approximate surface area is 69.0 Å². The summed E-state index contributed by atoms with van der Waals surface area (Å²) < 4.78 is 5.44. The molecule has 1 aromatic rings. The van der Waals surface area contributed by atoms with E-state index < -0.39 is 5.56 Å². The van der Waals surface area contributed by atoms with E-state index in [2.05, 4.69) is 0 Å². The number of hydrogen-bond acceptors (Lipinski definition) is 4. The highest BCUT2D eigenvalue weighted by Crippen LogP contribution is 2.16. The molecule has 5 nitrogen and oxygen atoms in total. The van der Waals surface area contributed by atoms with Crippen LogP contribution < -0.4 is 16.0 Å². The zero-order chi connectivity index (χ0) is 9.14. The van der Waals surface area contributed by atoms with Gasteiger partial charge in [-0.2, -0.15) is 4.73 Å². The topological polar surface area (TPSA) is 77.5 Å². The van der Waals surface area contributed by atoms with Crippen molar-refractivity contribution >= 4 is 5.69 Å². The summed E-state index contributed by atoms with van der Waals surface area (Å²) in [7, 11) is 0. The molecule has 0 atom stereocenters. The molecular formula is C7H10N2O3. The minimum atomic E-state index is -0.562. The molecule has 3 N–H and O–H groups in total. The molecule has 0 saturated carbocycles. The average Bonchev–Trinajstić information content (AvgIpc) is 2.01. The van der Waals surface area contributed by atoms with Crippen molar-refractivity contribution in [1.82, 2.24) is 4.73 Å². The van der Waals surface area contributed by atoms with Gasteiger partial charge >= 0.3 is 0 Å². The second kappa shape index (κ2) is 3.17. The van der Waals surface area contributed by atoms with Crippen LogP contribution in [0, 0.1) is 0 Å². The highest BCUT2D eigenvalue weighted by Gasteiger charge is 2.02. The molecule has 0 saturated heterocycles. The van der Waals surface area contributed by atoms with Crippen molar-refractivity contribution in [1.29, 1.82) is 0 Å². The van der Waals surface area contributed by atoms with Crippen molar-refractivity contribution < 1.29 is 9.94 Å².